The fraction of sp³-hybridized carbons (Fsp3) is 0.478. The number of fused-ring (bicyclic) bond motifs is 4. The Bertz CT molecular complexity index is 1220. The van der Waals surface area contributed by atoms with Crippen LogP contribution in [0.15, 0.2) is 33.7 Å². The molecule has 2 aliphatic rings. The Morgan fingerprint density at radius 3 is 2.81 bits per heavy atom. The van der Waals surface area contributed by atoms with E-state index in [9.17, 15) is 9.59 Å². The molecule has 1 saturated heterocycles. The van der Waals surface area contributed by atoms with Gasteiger partial charge in [0.2, 0.25) is 0 Å². The Hall–Kier alpha value is -3.20. The SMILES string of the molecule is Cc1cc(CNC(=O)c2ccc3n(c2=O)C[C@H]2C[C@@H]3CN(Cc3cn(C)nc3C)C2)on1. The van der Waals surface area contributed by atoms with Crippen LogP contribution in [0.2, 0.25) is 0 Å². The molecular weight excluding hydrogens is 408 g/mol. The average molecular weight is 437 g/mol. The predicted octanol–water partition coefficient (Wildman–Crippen LogP) is 1.74. The first-order valence-corrected chi connectivity index (χ1v) is 11.0. The first kappa shape index (κ1) is 20.7. The van der Waals surface area contributed by atoms with Gasteiger partial charge < -0.3 is 14.4 Å². The van der Waals surface area contributed by atoms with Crippen molar-refractivity contribution in [2.45, 2.75) is 45.8 Å². The van der Waals surface area contributed by atoms with Gasteiger partial charge in [0.05, 0.1) is 17.9 Å². The Morgan fingerprint density at radius 2 is 2.09 bits per heavy atom. The van der Waals surface area contributed by atoms with Crippen molar-refractivity contribution in [2.75, 3.05) is 13.1 Å². The van der Waals surface area contributed by atoms with Crippen LogP contribution >= 0.6 is 0 Å². The van der Waals surface area contributed by atoms with E-state index in [1.807, 2.05) is 36.2 Å². The van der Waals surface area contributed by atoms with Gasteiger partial charge in [-0.2, -0.15) is 5.10 Å². The van der Waals surface area contributed by atoms with Crippen LogP contribution in [0, 0.1) is 19.8 Å². The highest BCUT2D eigenvalue weighted by Gasteiger charge is 2.35. The van der Waals surface area contributed by atoms with Gasteiger partial charge in [0.25, 0.3) is 11.5 Å². The molecule has 0 unspecified atom stereocenters. The summed E-state index contributed by atoms with van der Waals surface area (Å²) in [7, 11) is 1.95. The predicted molar refractivity (Wildman–Crippen MR) is 117 cm³/mol. The highest BCUT2D eigenvalue weighted by molar-refractivity contribution is 5.93. The largest absolute Gasteiger partial charge is 0.359 e. The van der Waals surface area contributed by atoms with Crippen LogP contribution in [-0.4, -0.2) is 43.4 Å². The standard InChI is InChI=1S/C23H28N6O3/c1-14-6-19(32-26-14)8-24-22(30)20-4-5-21-17-7-16(10-29(21)23(20)31)9-28(12-17)13-18-11-27(3)25-15(18)2/h4-6,11,16-17H,7-10,12-13H2,1-3H3,(H,24,30)/t16-,17+/m0/s1. The summed E-state index contributed by atoms with van der Waals surface area (Å²) in [6, 6.07) is 5.38. The van der Waals surface area contributed by atoms with E-state index in [1.165, 1.54) is 5.56 Å². The van der Waals surface area contributed by atoms with E-state index < -0.39 is 0 Å². The van der Waals surface area contributed by atoms with Crippen LogP contribution in [0.4, 0.5) is 0 Å². The zero-order valence-corrected chi connectivity index (χ0v) is 18.7. The van der Waals surface area contributed by atoms with Crippen LogP contribution in [0.5, 0.6) is 0 Å². The first-order chi connectivity index (χ1) is 15.4. The van der Waals surface area contributed by atoms with Crippen molar-refractivity contribution < 1.29 is 9.32 Å². The van der Waals surface area contributed by atoms with E-state index in [0.29, 0.717) is 24.1 Å². The van der Waals surface area contributed by atoms with Crippen molar-refractivity contribution in [3.05, 3.63) is 68.7 Å². The summed E-state index contributed by atoms with van der Waals surface area (Å²) in [5.74, 6) is 0.865. The second kappa shape index (κ2) is 8.05. The van der Waals surface area contributed by atoms with Gasteiger partial charge in [0.1, 0.15) is 5.56 Å². The minimum Gasteiger partial charge on any atom is -0.359 e. The van der Waals surface area contributed by atoms with E-state index in [2.05, 4.69) is 26.7 Å². The molecule has 5 rings (SSSR count). The molecule has 32 heavy (non-hydrogen) atoms. The van der Waals surface area contributed by atoms with Gasteiger partial charge in [-0.3, -0.25) is 19.2 Å². The highest BCUT2D eigenvalue weighted by Crippen LogP contribution is 2.35. The van der Waals surface area contributed by atoms with E-state index >= 15 is 0 Å². The summed E-state index contributed by atoms with van der Waals surface area (Å²) in [6.45, 7) is 7.44. The van der Waals surface area contributed by atoms with Crippen LogP contribution in [-0.2, 0) is 26.7 Å². The molecule has 0 saturated carbocycles. The monoisotopic (exact) mass is 436 g/mol. The average Bonchev–Trinajstić information content (AvgIpc) is 3.31. The number of nitrogens with one attached hydrogen (secondary N) is 1. The van der Waals surface area contributed by atoms with Crippen molar-refractivity contribution in [2.24, 2.45) is 13.0 Å². The lowest BCUT2D eigenvalue weighted by atomic mass is 9.82. The Labute approximate surface area is 186 Å². The molecule has 0 aliphatic carbocycles. The quantitative estimate of drug-likeness (QED) is 0.654. The molecule has 0 aromatic carbocycles. The summed E-state index contributed by atoms with van der Waals surface area (Å²) >= 11 is 0. The van der Waals surface area contributed by atoms with Crippen molar-refractivity contribution in [1.29, 1.82) is 0 Å². The molecule has 1 amide bonds. The summed E-state index contributed by atoms with van der Waals surface area (Å²) in [6.07, 6.45) is 3.17. The maximum Gasteiger partial charge on any atom is 0.263 e. The minimum absolute atomic E-state index is 0.174. The summed E-state index contributed by atoms with van der Waals surface area (Å²) < 4.78 is 8.80. The molecule has 168 valence electrons. The molecule has 1 fully saturated rings. The number of amides is 1. The fourth-order valence-electron chi connectivity index (χ4n) is 5.15. The number of likely N-dealkylation sites (tertiary alicyclic amines) is 1. The molecule has 0 radical (unpaired) electrons. The van der Waals surface area contributed by atoms with Gasteiger partial charge in [-0.25, -0.2) is 0 Å². The smallest absolute Gasteiger partial charge is 0.263 e. The van der Waals surface area contributed by atoms with Crippen LogP contribution in [0.3, 0.4) is 0 Å². The zero-order valence-electron chi connectivity index (χ0n) is 18.7. The molecule has 3 aromatic rings. The Kier molecular flexibility index (Phi) is 5.21. The van der Waals surface area contributed by atoms with Crippen molar-refractivity contribution in [3.63, 3.8) is 0 Å². The molecule has 2 atom stereocenters. The van der Waals surface area contributed by atoms with Crippen LogP contribution < -0.4 is 10.9 Å². The molecule has 2 bridgehead atoms. The lowest BCUT2D eigenvalue weighted by Crippen LogP contribution is -2.47. The van der Waals surface area contributed by atoms with Gasteiger partial charge in [0.15, 0.2) is 5.76 Å². The summed E-state index contributed by atoms with van der Waals surface area (Å²) in [5, 5.41) is 11.0. The number of rotatable bonds is 5. The first-order valence-electron chi connectivity index (χ1n) is 11.0. The van der Waals surface area contributed by atoms with Gasteiger partial charge in [-0.15, -0.1) is 0 Å². The number of hydrogen-bond acceptors (Lipinski definition) is 6. The topological polar surface area (TPSA) is 98.2 Å². The maximum absolute atomic E-state index is 13.2. The highest BCUT2D eigenvalue weighted by atomic mass is 16.5. The number of nitrogens with zero attached hydrogens (tertiary/aromatic N) is 5. The number of carbonyl (C=O) groups is 1. The maximum atomic E-state index is 13.2. The normalized spacial score (nSPS) is 20.2. The van der Waals surface area contributed by atoms with E-state index in [4.69, 9.17) is 4.52 Å². The van der Waals surface area contributed by atoms with Crippen molar-refractivity contribution in [3.8, 4) is 0 Å². The molecule has 2 aliphatic heterocycles. The van der Waals surface area contributed by atoms with Crippen molar-refractivity contribution in [1.82, 2.24) is 29.7 Å². The molecule has 3 aromatic heterocycles. The van der Waals surface area contributed by atoms with Gasteiger partial charge in [-0.1, -0.05) is 5.16 Å². The Balaban J connectivity index is 1.32. The third-order valence-electron chi connectivity index (χ3n) is 6.53. The van der Waals surface area contributed by atoms with E-state index in [0.717, 1.165) is 43.1 Å². The molecule has 0 spiro atoms. The molecule has 9 heteroatoms. The number of aromatic nitrogens is 4. The molecule has 1 N–H and O–H groups in total. The third-order valence-corrected chi connectivity index (χ3v) is 6.53. The number of hydrogen-bond donors (Lipinski definition) is 1. The molecule has 5 heterocycles. The second-order valence-corrected chi connectivity index (χ2v) is 9.11. The van der Waals surface area contributed by atoms with Gasteiger partial charge in [0, 0.05) is 62.7 Å². The molecular formula is C23H28N6O3. The molecule has 9 nitrogen and oxygen atoms in total. The van der Waals surface area contributed by atoms with Gasteiger partial charge in [-0.05, 0) is 38.3 Å². The number of piperidine rings is 1. The second-order valence-electron chi connectivity index (χ2n) is 9.11. The van der Waals surface area contributed by atoms with E-state index in [-0.39, 0.29) is 23.6 Å². The lowest BCUT2D eigenvalue weighted by molar-refractivity contribution is 0.0940. The summed E-state index contributed by atoms with van der Waals surface area (Å²) in [5.41, 5.74) is 4.06. The fourth-order valence-corrected chi connectivity index (χ4v) is 5.15. The zero-order chi connectivity index (χ0) is 22.4. The van der Waals surface area contributed by atoms with Crippen LogP contribution in [0.25, 0.3) is 0 Å². The number of pyridine rings is 1. The lowest BCUT2D eigenvalue weighted by Gasteiger charge is -2.42. The summed E-state index contributed by atoms with van der Waals surface area (Å²) in [4.78, 5) is 28.3. The third kappa shape index (κ3) is 3.88. The minimum atomic E-state index is -0.385. The Morgan fingerprint density at radius 1 is 1.25 bits per heavy atom. The van der Waals surface area contributed by atoms with E-state index in [1.54, 1.807) is 12.1 Å². The number of aryl methyl sites for hydroxylation is 3. The van der Waals surface area contributed by atoms with Crippen LogP contribution in [0.1, 0.15) is 51.1 Å². The van der Waals surface area contributed by atoms with Crippen molar-refractivity contribution >= 4 is 5.91 Å². The number of carbonyl (C=O) groups excluding carboxylic acids is 1. The van der Waals surface area contributed by atoms with Gasteiger partial charge >= 0.3 is 0 Å².